The number of β-amino-alcohol motifs (C(OH)–C–C–N with tert-alkyl or cyclic N) is 1. The molecule has 0 bridgehead atoms. The van der Waals surface area contributed by atoms with Crippen LogP contribution in [-0.2, 0) is 0 Å². The van der Waals surface area contributed by atoms with Crippen molar-refractivity contribution in [3.63, 3.8) is 0 Å². The van der Waals surface area contributed by atoms with Gasteiger partial charge in [-0.3, -0.25) is 0 Å². The fraction of sp³-hybridized carbons (Fsp3) is 0.667. The first kappa shape index (κ1) is 8.22. The Morgan fingerprint density at radius 3 is 2.92 bits per heavy atom. The third-order valence-corrected chi connectivity index (χ3v) is 2.77. The van der Waals surface area contributed by atoms with Gasteiger partial charge in [-0.15, -0.1) is 0 Å². The lowest BCUT2D eigenvalue weighted by atomic mass is 10.3. The quantitative estimate of drug-likeness (QED) is 0.736. The maximum absolute atomic E-state index is 9.26. The van der Waals surface area contributed by atoms with Crippen molar-refractivity contribution in [3.8, 4) is 0 Å². The maximum Gasteiger partial charge on any atom is 0.187 e. The van der Waals surface area contributed by atoms with Gasteiger partial charge >= 0.3 is 0 Å². The summed E-state index contributed by atoms with van der Waals surface area (Å²) in [5.41, 5.74) is 0. The third-order valence-electron chi connectivity index (χ3n) is 1.90. The summed E-state index contributed by atoms with van der Waals surface area (Å²) < 4.78 is 7.90. The second-order valence-electron chi connectivity index (χ2n) is 2.77. The summed E-state index contributed by atoms with van der Waals surface area (Å²) >= 11 is 6.88. The molecule has 2 heterocycles. The van der Waals surface area contributed by atoms with Crippen LogP contribution < -0.4 is 4.90 Å². The summed E-state index contributed by atoms with van der Waals surface area (Å²) in [6.45, 7) is 1.43. The maximum atomic E-state index is 9.26. The van der Waals surface area contributed by atoms with Crippen LogP contribution in [-0.4, -0.2) is 33.0 Å². The number of nitrogens with zero attached hydrogens (tertiary/aromatic N) is 3. The van der Waals surface area contributed by atoms with Gasteiger partial charge in [0.25, 0.3) is 0 Å². The second kappa shape index (κ2) is 3.16. The van der Waals surface area contributed by atoms with E-state index in [1.54, 1.807) is 0 Å². The van der Waals surface area contributed by atoms with Crippen LogP contribution >= 0.6 is 23.3 Å². The molecule has 0 aliphatic carbocycles. The Morgan fingerprint density at radius 2 is 2.42 bits per heavy atom. The van der Waals surface area contributed by atoms with E-state index in [-0.39, 0.29) is 6.10 Å². The molecule has 0 amide bonds. The summed E-state index contributed by atoms with van der Waals surface area (Å²) in [6.07, 6.45) is 0.538. The number of hydrogen-bond donors (Lipinski definition) is 1. The van der Waals surface area contributed by atoms with Crippen molar-refractivity contribution < 1.29 is 5.11 Å². The number of aromatic nitrogens is 2. The minimum Gasteiger partial charge on any atom is -0.391 e. The van der Waals surface area contributed by atoms with Gasteiger partial charge in [-0.2, -0.15) is 8.75 Å². The molecule has 0 unspecified atom stereocenters. The SMILES string of the molecule is O[C@H]1CCN(c2nsnc2Cl)C1. The van der Waals surface area contributed by atoms with Crippen LogP contribution in [0.15, 0.2) is 0 Å². The highest BCUT2D eigenvalue weighted by Gasteiger charge is 2.24. The Bertz CT molecular complexity index is 280. The summed E-state index contributed by atoms with van der Waals surface area (Å²) in [4.78, 5) is 1.95. The van der Waals surface area contributed by atoms with Crippen molar-refractivity contribution in [2.45, 2.75) is 12.5 Å². The zero-order valence-corrected chi connectivity index (χ0v) is 7.85. The van der Waals surface area contributed by atoms with Gasteiger partial charge in [0.15, 0.2) is 11.0 Å². The third kappa shape index (κ3) is 1.39. The van der Waals surface area contributed by atoms with E-state index >= 15 is 0 Å². The highest BCUT2D eigenvalue weighted by atomic mass is 35.5. The van der Waals surface area contributed by atoms with Crippen LogP contribution in [0.4, 0.5) is 5.82 Å². The molecule has 1 N–H and O–H groups in total. The predicted octanol–water partition coefficient (Wildman–Crippen LogP) is 0.763. The van der Waals surface area contributed by atoms with Crippen LogP contribution in [0.3, 0.4) is 0 Å². The average Bonchev–Trinajstić information content (AvgIpc) is 2.58. The summed E-state index contributed by atoms with van der Waals surface area (Å²) in [6, 6.07) is 0. The summed E-state index contributed by atoms with van der Waals surface area (Å²) in [5.74, 6) is 0.707. The molecule has 1 fully saturated rings. The molecular formula is C6H8ClN3OS. The average molecular weight is 206 g/mol. The number of aliphatic hydroxyl groups excluding tert-OH is 1. The topological polar surface area (TPSA) is 49.2 Å². The fourth-order valence-corrected chi connectivity index (χ4v) is 2.07. The zero-order valence-electron chi connectivity index (χ0n) is 6.27. The molecule has 1 aromatic rings. The van der Waals surface area contributed by atoms with Crippen LogP contribution in [0.25, 0.3) is 0 Å². The zero-order chi connectivity index (χ0) is 8.55. The molecular weight excluding hydrogens is 198 g/mol. The van der Waals surface area contributed by atoms with Crippen molar-refractivity contribution >= 4 is 29.1 Å². The second-order valence-corrected chi connectivity index (χ2v) is 3.65. The van der Waals surface area contributed by atoms with Gasteiger partial charge < -0.3 is 10.0 Å². The van der Waals surface area contributed by atoms with Crippen LogP contribution in [0.5, 0.6) is 0 Å². The molecule has 12 heavy (non-hydrogen) atoms. The standard InChI is InChI=1S/C6H8ClN3OS/c7-5-6(9-12-8-5)10-2-1-4(11)3-10/h4,11H,1-3H2/t4-/m0/s1. The Kier molecular flexibility index (Phi) is 2.16. The van der Waals surface area contributed by atoms with E-state index in [0.717, 1.165) is 24.7 Å². The molecule has 1 aromatic heterocycles. The molecule has 0 aromatic carbocycles. The summed E-state index contributed by atoms with van der Waals surface area (Å²) in [7, 11) is 0. The lowest BCUT2D eigenvalue weighted by Gasteiger charge is -2.13. The van der Waals surface area contributed by atoms with Gasteiger partial charge in [0.2, 0.25) is 0 Å². The number of hydrogen-bond acceptors (Lipinski definition) is 5. The summed E-state index contributed by atoms with van der Waals surface area (Å²) in [5, 5.41) is 9.70. The molecule has 0 saturated carbocycles. The normalized spacial score (nSPS) is 23.5. The largest absolute Gasteiger partial charge is 0.391 e. The van der Waals surface area contributed by atoms with Crippen molar-refractivity contribution in [3.05, 3.63) is 5.15 Å². The highest BCUT2D eigenvalue weighted by Crippen LogP contribution is 2.25. The smallest absolute Gasteiger partial charge is 0.187 e. The molecule has 1 atom stereocenters. The highest BCUT2D eigenvalue weighted by molar-refractivity contribution is 6.99. The molecule has 1 aliphatic rings. The first-order valence-corrected chi connectivity index (χ1v) is 4.79. The van der Waals surface area contributed by atoms with Gasteiger partial charge in [-0.05, 0) is 6.42 Å². The Labute approximate surface area is 79.1 Å². The predicted molar refractivity (Wildman–Crippen MR) is 47.8 cm³/mol. The van der Waals surface area contributed by atoms with E-state index < -0.39 is 0 Å². The van der Waals surface area contributed by atoms with E-state index in [9.17, 15) is 5.11 Å². The molecule has 0 spiro atoms. The number of halogens is 1. The van der Waals surface area contributed by atoms with Gasteiger partial charge in [-0.25, -0.2) is 0 Å². The Hall–Kier alpha value is -0.390. The molecule has 1 saturated heterocycles. The minimum atomic E-state index is -0.247. The van der Waals surface area contributed by atoms with Crippen molar-refractivity contribution in [1.82, 2.24) is 8.75 Å². The lowest BCUT2D eigenvalue weighted by molar-refractivity contribution is 0.198. The van der Waals surface area contributed by atoms with E-state index in [0.29, 0.717) is 17.5 Å². The lowest BCUT2D eigenvalue weighted by Crippen LogP contribution is -2.21. The first-order valence-electron chi connectivity index (χ1n) is 3.68. The number of aliphatic hydroxyl groups is 1. The van der Waals surface area contributed by atoms with Crippen molar-refractivity contribution in [1.29, 1.82) is 0 Å². The van der Waals surface area contributed by atoms with Crippen molar-refractivity contribution in [2.75, 3.05) is 18.0 Å². The van der Waals surface area contributed by atoms with E-state index in [1.165, 1.54) is 0 Å². The number of rotatable bonds is 1. The molecule has 1 aliphatic heterocycles. The first-order chi connectivity index (χ1) is 5.77. The molecule has 66 valence electrons. The van der Waals surface area contributed by atoms with Gasteiger partial charge in [0.1, 0.15) is 0 Å². The van der Waals surface area contributed by atoms with E-state index in [2.05, 4.69) is 8.75 Å². The van der Waals surface area contributed by atoms with E-state index in [4.69, 9.17) is 11.6 Å². The molecule has 6 heteroatoms. The van der Waals surface area contributed by atoms with Crippen LogP contribution in [0, 0.1) is 0 Å². The molecule has 0 radical (unpaired) electrons. The monoisotopic (exact) mass is 205 g/mol. The molecule has 2 rings (SSSR count). The van der Waals surface area contributed by atoms with Crippen molar-refractivity contribution in [2.24, 2.45) is 0 Å². The number of anilines is 1. The van der Waals surface area contributed by atoms with E-state index in [1.807, 2.05) is 4.90 Å². The van der Waals surface area contributed by atoms with Crippen LogP contribution in [0.2, 0.25) is 5.15 Å². The minimum absolute atomic E-state index is 0.247. The Morgan fingerprint density at radius 1 is 1.58 bits per heavy atom. The van der Waals surface area contributed by atoms with Gasteiger partial charge in [-0.1, -0.05) is 11.6 Å². The molecule has 4 nitrogen and oxygen atoms in total. The van der Waals surface area contributed by atoms with Gasteiger partial charge in [0.05, 0.1) is 17.8 Å². The Balaban J connectivity index is 2.16. The van der Waals surface area contributed by atoms with Crippen LogP contribution in [0.1, 0.15) is 6.42 Å². The fourth-order valence-electron chi connectivity index (χ4n) is 1.30. The van der Waals surface area contributed by atoms with Gasteiger partial charge in [0, 0.05) is 13.1 Å².